The van der Waals surface area contributed by atoms with Crippen molar-refractivity contribution in [1.82, 2.24) is 5.32 Å². The Bertz CT molecular complexity index is 717. The second kappa shape index (κ2) is 7.25. The average molecular weight is 326 g/mol. The molecule has 2 aromatic carbocycles. The molecular weight excluding hydrogens is 304 g/mol. The third-order valence-electron chi connectivity index (χ3n) is 4.11. The quantitative estimate of drug-likeness (QED) is 0.917. The first-order valence-electron chi connectivity index (χ1n) is 8.09. The third-order valence-corrected chi connectivity index (χ3v) is 4.11. The van der Waals surface area contributed by atoms with Crippen molar-refractivity contribution in [3.63, 3.8) is 0 Å². The lowest BCUT2D eigenvalue weighted by atomic mass is 10.2. The zero-order valence-electron chi connectivity index (χ0n) is 14.0. The van der Waals surface area contributed by atoms with Gasteiger partial charge in [0.25, 0.3) is 5.91 Å². The Morgan fingerprint density at radius 3 is 2.79 bits per heavy atom. The van der Waals surface area contributed by atoms with Gasteiger partial charge in [-0.25, -0.2) is 0 Å². The molecule has 0 spiro atoms. The number of hydrogen-bond acceptors (Lipinski definition) is 4. The third kappa shape index (κ3) is 3.45. The number of para-hydroxylation sites is 3. The molecule has 1 heterocycles. The van der Waals surface area contributed by atoms with Gasteiger partial charge in [-0.2, -0.15) is 0 Å². The Morgan fingerprint density at radius 1 is 1.25 bits per heavy atom. The van der Waals surface area contributed by atoms with Crippen molar-refractivity contribution in [2.24, 2.45) is 0 Å². The first-order valence-corrected chi connectivity index (χ1v) is 8.09. The summed E-state index contributed by atoms with van der Waals surface area (Å²) in [4.78, 5) is 14.1. The highest BCUT2D eigenvalue weighted by atomic mass is 16.5. The molecular formula is C19H22N2O3. The molecule has 1 atom stereocenters. The van der Waals surface area contributed by atoms with Crippen LogP contribution in [0.2, 0.25) is 0 Å². The molecule has 1 N–H and O–H groups in total. The lowest BCUT2D eigenvalue weighted by Gasteiger charge is -2.35. The van der Waals surface area contributed by atoms with Gasteiger partial charge >= 0.3 is 0 Å². The van der Waals surface area contributed by atoms with E-state index in [1.165, 1.54) is 0 Å². The van der Waals surface area contributed by atoms with Gasteiger partial charge < -0.3 is 19.7 Å². The Kier molecular flexibility index (Phi) is 4.89. The molecule has 0 saturated heterocycles. The van der Waals surface area contributed by atoms with Crippen LogP contribution in [-0.2, 0) is 4.79 Å². The van der Waals surface area contributed by atoms with Crippen LogP contribution >= 0.6 is 0 Å². The van der Waals surface area contributed by atoms with Gasteiger partial charge in [0.2, 0.25) is 0 Å². The number of rotatable bonds is 5. The van der Waals surface area contributed by atoms with Crippen LogP contribution in [0.25, 0.3) is 0 Å². The smallest absolute Gasteiger partial charge is 0.262 e. The van der Waals surface area contributed by atoms with Crippen molar-refractivity contribution in [2.45, 2.75) is 13.0 Å². The summed E-state index contributed by atoms with van der Waals surface area (Å²) in [5, 5.41) is 2.65. The SMILES string of the molecule is CNC(=O)[C@H]1CN(CCOc2ccccc2C)c2ccccc2O1. The van der Waals surface area contributed by atoms with Crippen molar-refractivity contribution in [1.29, 1.82) is 0 Å². The van der Waals surface area contributed by atoms with Gasteiger partial charge in [0.15, 0.2) is 6.10 Å². The minimum Gasteiger partial charge on any atom is -0.491 e. The van der Waals surface area contributed by atoms with E-state index in [-0.39, 0.29) is 5.91 Å². The number of ether oxygens (including phenoxy) is 2. The van der Waals surface area contributed by atoms with Gasteiger partial charge in [0.1, 0.15) is 18.1 Å². The van der Waals surface area contributed by atoms with Crippen molar-refractivity contribution in [2.75, 3.05) is 31.6 Å². The maximum absolute atomic E-state index is 12.0. The van der Waals surface area contributed by atoms with Crippen LogP contribution in [0, 0.1) is 6.92 Å². The zero-order valence-corrected chi connectivity index (χ0v) is 14.0. The lowest BCUT2D eigenvalue weighted by Crippen LogP contribution is -2.49. The van der Waals surface area contributed by atoms with E-state index in [0.717, 1.165) is 22.7 Å². The molecule has 1 amide bonds. The molecule has 0 saturated carbocycles. The maximum Gasteiger partial charge on any atom is 0.262 e. The number of nitrogens with one attached hydrogen (secondary N) is 1. The monoisotopic (exact) mass is 326 g/mol. The van der Waals surface area contributed by atoms with E-state index in [2.05, 4.69) is 10.2 Å². The van der Waals surface area contributed by atoms with E-state index in [1.807, 2.05) is 55.5 Å². The molecule has 0 fully saturated rings. The summed E-state index contributed by atoms with van der Waals surface area (Å²) in [6.07, 6.45) is -0.511. The fourth-order valence-electron chi connectivity index (χ4n) is 2.80. The number of amides is 1. The van der Waals surface area contributed by atoms with Crippen molar-refractivity contribution >= 4 is 11.6 Å². The van der Waals surface area contributed by atoms with E-state index in [0.29, 0.717) is 19.7 Å². The van der Waals surface area contributed by atoms with E-state index >= 15 is 0 Å². The van der Waals surface area contributed by atoms with Gasteiger partial charge in [-0.05, 0) is 30.7 Å². The molecule has 1 aliphatic heterocycles. The van der Waals surface area contributed by atoms with Gasteiger partial charge in [-0.15, -0.1) is 0 Å². The summed E-state index contributed by atoms with van der Waals surface area (Å²) in [6, 6.07) is 15.7. The standard InChI is InChI=1S/C19H22N2O3/c1-14-7-3-5-9-16(14)23-12-11-21-13-18(19(22)20-2)24-17-10-6-4-8-15(17)21/h3-10,18H,11-13H2,1-2H3,(H,20,22)/t18-/m1/s1. The first-order chi connectivity index (χ1) is 11.7. The number of anilines is 1. The molecule has 0 bridgehead atoms. The number of benzene rings is 2. The van der Waals surface area contributed by atoms with Gasteiger partial charge in [-0.1, -0.05) is 30.3 Å². The van der Waals surface area contributed by atoms with E-state index in [9.17, 15) is 4.79 Å². The molecule has 3 rings (SSSR count). The molecule has 5 nitrogen and oxygen atoms in total. The van der Waals surface area contributed by atoms with Crippen LogP contribution in [0.5, 0.6) is 11.5 Å². The Balaban J connectivity index is 1.69. The lowest BCUT2D eigenvalue weighted by molar-refractivity contribution is -0.127. The number of likely N-dealkylation sites (N-methyl/N-ethyl adjacent to an activating group) is 1. The number of carbonyl (C=O) groups excluding carboxylic acids is 1. The molecule has 5 heteroatoms. The summed E-state index contributed by atoms with van der Waals surface area (Å²) >= 11 is 0. The van der Waals surface area contributed by atoms with Crippen molar-refractivity contribution in [3.8, 4) is 11.5 Å². The predicted octanol–water partition coefficient (Wildman–Crippen LogP) is 2.39. The van der Waals surface area contributed by atoms with Crippen LogP contribution in [-0.4, -0.2) is 38.8 Å². The molecule has 0 unspecified atom stereocenters. The summed E-state index contributed by atoms with van der Waals surface area (Å²) in [6.45, 7) is 3.76. The highest BCUT2D eigenvalue weighted by molar-refractivity contribution is 5.83. The number of nitrogens with zero attached hydrogens (tertiary/aromatic N) is 1. The number of fused-ring (bicyclic) bond motifs is 1. The van der Waals surface area contributed by atoms with Crippen LogP contribution < -0.4 is 19.7 Å². The summed E-state index contributed by atoms with van der Waals surface area (Å²) in [5.74, 6) is 1.50. The molecule has 0 aromatic heterocycles. The summed E-state index contributed by atoms with van der Waals surface area (Å²) in [5.41, 5.74) is 2.11. The van der Waals surface area contributed by atoms with Gasteiger partial charge in [0, 0.05) is 7.05 Å². The second-order valence-electron chi connectivity index (χ2n) is 5.75. The molecule has 1 aliphatic rings. The predicted molar refractivity (Wildman–Crippen MR) is 93.8 cm³/mol. The summed E-state index contributed by atoms with van der Waals surface area (Å²) in [7, 11) is 1.62. The van der Waals surface area contributed by atoms with Crippen LogP contribution in [0.4, 0.5) is 5.69 Å². The topological polar surface area (TPSA) is 50.8 Å². The van der Waals surface area contributed by atoms with Crippen LogP contribution in [0.1, 0.15) is 5.56 Å². The molecule has 24 heavy (non-hydrogen) atoms. The highest BCUT2D eigenvalue weighted by Crippen LogP contribution is 2.32. The van der Waals surface area contributed by atoms with Gasteiger partial charge in [-0.3, -0.25) is 4.79 Å². The Hall–Kier alpha value is -2.69. The van der Waals surface area contributed by atoms with Crippen LogP contribution in [0.15, 0.2) is 48.5 Å². The number of carbonyl (C=O) groups is 1. The maximum atomic E-state index is 12.0. The van der Waals surface area contributed by atoms with E-state index in [1.54, 1.807) is 7.05 Å². The van der Waals surface area contributed by atoms with E-state index in [4.69, 9.17) is 9.47 Å². The average Bonchev–Trinajstić information content (AvgIpc) is 2.62. The normalized spacial score (nSPS) is 16.1. The van der Waals surface area contributed by atoms with E-state index < -0.39 is 6.10 Å². The number of hydrogen-bond donors (Lipinski definition) is 1. The molecule has 0 radical (unpaired) electrons. The fraction of sp³-hybridized carbons (Fsp3) is 0.316. The zero-order chi connectivity index (χ0) is 16.9. The second-order valence-corrected chi connectivity index (χ2v) is 5.75. The minimum absolute atomic E-state index is 0.116. The number of aryl methyl sites for hydroxylation is 1. The highest BCUT2D eigenvalue weighted by Gasteiger charge is 2.29. The fourth-order valence-corrected chi connectivity index (χ4v) is 2.80. The minimum atomic E-state index is -0.511. The molecule has 0 aliphatic carbocycles. The first kappa shape index (κ1) is 16.2. The largest absolute Gasteiger partial charge is 0.491 e. The Morgan fingerprint density at radius 2 is 2.00 bits per heavy atom. The molecule has 126 valence electrons. The molecule has 2 aromatic rings. The van der Waals surface area contributed by atoms with Gasteiger partial charge in [0.05, 0.1) is 18.8 Å². The van der Waals surface area contributed by atoms with Crippen molar-refractivity contribution < 1.29 is 14.3 Å². The van der Waals surface area contributed by atoms with Crippen molar-refractivity contribution in [3.05, 3.63) is 54.1 Å². The summed E-state index contributed by atoms with van der Waals surface area (Å²) < 4.78 is 11.7. The Labute approximate surface area is 142 Å². The van der Waals surface area contributed by atoms with Crippen LogP contribution in [0.3, 0.4) is 0 Å².